The molecule has 2 fully saturated rings. The van der Waals surface area contributed by atoms with Crippen LogP contribution in [0.15, 0.2) is 16.6 Å². The van der Waals surface area contributed by atoms with Crippen molar-refractivity contribution in [1.82, 2.24) is 14.7 Å². The van der Waals surface area contributed by atoms with E-state index in [2.05, 4.69) is 56.6 Å². The van der Waals surface area contributed by atoms with Crippen LogP contribution in [0.25, 0.3) is 0 Å². The van der Waals surface area contributed by atoms with Gasteiger partial charge < -0.3 is 14.4 Å². The first-order valence-corrected chi connectivity index (χ1v) is 11.9. The second-order valence-electron chi connectivity index (χ2n) is 8.84. The fourth-order valence-electron chi connectivity index (χ4n) is 4.67. The first kappa shape index (κ1) is 23.4. The van der Waals surface area contributed by atoms with E-state index in [9.17, 15) is 4.79 Å². The van der Waals surface area contributed by atoms with Gasteiger partial charge in [-0.05, 0) is 58.8 Å². The molecule has 0 aliphatic carbocycles. The van der Waals surface area contributed by atoms with Gasteiger partial charge in [0, 0.05) is 45.8 Å². The molecule has 2 aliphatic heterocycles. The van der Waals surface area contributed by atoms with E-state index >= 15 is 0 Å². The Labute approximate surface area is 189 Å². The summed E-state index contributed by atoms with van der Waals surface area (Å²) in [5.74, 6) is 3.03. The van der Waals surface area contributed by atoms with Crippen molar-refractivity contribution in [2.75, 3.05) is 59.5 Å². The van der Waals surface area contributed by atoms with Gasteiger partial charge in [-0.3, -0.25) is 14.6 Å². The maximum atomic E-state index is 12.8. The Kier molecular flexibility index (Phi) is 8.43. The zero-order chi connectivity index (χ0) is 21.7. The number of amides is 1. The molecule has 1 amide bonds. The lowest BCUT2D eigenvalue weighted by Crippen LogP contribution is -2.51. The SMILES string of the molecule is CCOc1c(Br)cc(CN2CCN(CC(=O)N3C[C@H](C)C[C@@H](C)C3)CC2)cc1OC. The zero-order valence-corrected chi connectivity index (χ0v) is 20.4. The van der Waals surface area contributed by atoms with Crippen LogP contribution < -0.4 is 9.47 Å². The molecule has 2 aliphatic rings. The van der Waals surface area contributed by atoms with Crippen molar-refractivity contribution in [1.29, 1.82) is 0 Å². The quantitative estimate of drug-likeness (QED) is 0.596. The minimum absolute atomic E-state index is 0.294. The second-order valence-corrected chi connectivity index (χ2v) is 9.69. The first-order chi connectivity index (χ1) is 14.4. The third-order valence-electron chi connectivity index (χ3n) is 6.03. The number of rotatable bonds is 7. The topological polar surface area (TPSA) is 45.2 Å². The first-order valence-electron chi connectivity index (χ1n) is 11.1. The highest BCUT2D eigenvalue weighted by Gasteiger charge is 2.27. The van der Waals surface area contributed by atoms with Gasteiger partial charge in [0.05, 0.1) is 24.7 Å². The van der Waals surface area contributed by atoms with Gasteiger partial charge >= 0.3 is 0 Å². The average molecular weight is 482 g/mol. The van der Waals surface area contributed by atoms with E-state index in [1.807, 2.05) is 6.92 Å². The number of piperazine rings is 1. The van der Waals surface area contributed by atoms with Crippen molar-refractivity contribution in [3.63, 3.8) is 0 Å². The number of carbonyl (C=O) groups excluding carboxylic acids is 1. The molecule has 0 spiro atoms. The van der Waals surface area contributed by atoms with Gasteiger partial charge in [0.1, 0.15) is 0 Å². The van der Waals surface area contributed by atoms with Crippen molar-refractivity contribution in [3.05, 3.63) is 22.2 Å². The van der Waals surface area contributed by atoms with Crippen LogP contribution in [0.4, 0.5) is 0 Å². The highest BCUT2D eigenvalue weighted by molar-refractivity contribution is 9.10. The van der Waals surface area contributed by atoms with Crippen LogP contribution in [0.2, 0.25) is 0 Å². The number of benzene rings is 1. The fourth-order valence-corrected chi connectivity index (χ4v) is 5.27. The lowest BCUT2D eigenvalue weighted by molar-refractivity contribution is -0.135. The van der Waals surface area contributed by atoms with Crippen LogP contribution in [0.1, 0.15) is 32.8 Å². The molecule has 0 unspecified atom stereocenters. The van der Waals surface area contributed by atoms with E-state index in [0.717, 1.165) is 61.8 Å². The summed E-state index contributed by atoms with van der Waals surface area (Å²) in [5, 5.41) is 0. The number of ether oxygens (including phenoxy) is 2. The summed E-state index contributed by atoms with van der Waals surface area (Å²) in [6, 6.07) is 4.17. The Morgan fingerprint density at radius 2 is 1.73 bits per heavy atom. The summed E-state index contributed by atoms with van der Waals surface area (Å²) in [6.07, 6.45) is 1.23. The molecule has 0 radical (unpaired) electrons. The Bertz CT molecular complexity index is 712. The van der Waals surface area contributed by atoms with Crippen LogP contribution in [-0.4, -0.2) is 80.1 Å². The average Bonchev–Trinajstić information content (AvgIpc) is 2.70. The van der Waals surface area contributed by atoms with Crippen molar-refractivity contribution in [2.45, 2.75) is 33.7 Å². The Hall–Kier alpha value is -1.31. The van der Waals surface area contributed by atoms with Crippen molar-refractivity contribution in [3.8, 4) is 11.5 Å². The molecule has 0 saturated carbocycles. The maximum absolute atomic E-state index is 12.8. The monoisotopic (exact) mass is 481 g/mol. The third kappa shape index (κ3) is 6.11. The smallest absolute Gasteiger partial charge is 0.236 e. The van der Waals surface area contributed by atoms with Crippen LogP contribution in [0, 0.1) is 11.8 Å². The number of nitrogens with zero attached hydrogens (tertiary/aromatic N) is 3. The molecule has 7 heteroatoms. The minimum atomic E-state index is 0.294. The molecular formula is C23H36BrN3O3. The summed E-state index contributed by atoms with van der Waals surface area (Å²) >= 11 is 3.61. The zero-order valence-electron chi connectivity index (χ0n) is 18.8. The van der Waals surface area contributed by atoms with E-state index in [4.69, 9.17) is 9.47 Å². The molecule has 168 valence electrons. The summed E-state index contributed by atoms with van der Waals surface area (Å²) in [4.78, 5) is 19.6. The summed E-state index contributed by atoms with van der Waals surface area (Å²) in [6.45, 7) is 14.1. The van der Waals surface area contributed by atoms with Gasteiger partial charge in [-0.2, -0.15) is 0 Å². The van der Waals surface area contributed by atoms with E-state index < -0.39 is 0 Å². The Morgan fingerprint density at radius 3 is 2.33 bits per heavy atom. The molecule has 1 aromatic rings. The molecular weight excluding hydrogens is 446 g/mol. The maximum Gasteiger partial charge on any atom is 0.236 e. The summed E-state index contributed by atoms with van der Waals surface area (Å²) in [5.41, 5.74) is 1.20. The fraction of sp³-hybridized carbons (Fsp3) is 0.696. The molecule has 6 nitrogen and oxygen atoms in total. The number of likely N-dealkylation sites (tertiary alicyclic amines) is 1. The number of halogens is 1. The van der Waals surface area contributed by atoms with E-state index in [0.29, 0.717) is 30.9 Å². The van der Waals surface area contributed by atoms with Gasteiger partial charge in [0.2, 0.25) is 5.91 Å². The molecule has 2 heterocycles. The molecule has 1 aromatic carbocycles. The largest absolute Gasteiger partial charge is 0.493 e. The van der Waals surface area contributed by atoms with E-state index in [1.54, 1.807) is 7.11 Å². The van der Waals surface area contributed by atoms with Crippen LogP contribution in [0.3, 0.4) is 0 Å². The van der Waals surface area contributed by atoms with Crippen LogP contribution in [0.5, 0.6) is 11.5 Å². The molecule has 0 N–H and O–H groups in total. The number of carbonyl (C=O) groups is 1. The standard InChI is InChI=1S/C23H36BrN3O3/c1-5-30-23-20(24)11-19(12-21(23)29-4)15-25-6-8-26(9-7-25)16-22(28)27-13-17(2)10-18(3)14-27/h11-12,17-18H,5-10,13-16H2,1-4H3/t17-,18-/m1/s1. The minimum Gasteiger partial charge on any atom is -0.493 e. The summed E-state index contributed by atoms with van der Waals surface area (Å²) in [7, 11) is 1.67. The Morgan fingerprint density at radius 1 is 1.10 bits per heavy atom. The lowest BCUT2D eigenvalue weighted by atomic mass is 9.92. The predicted octanol–water partition coefficient (Wildman–Crippen LogP) is 3.48. The summed E-state index contributed by atoms with van der Waals surface area (Å²) < 4.78 is 12.1. The highest BCUT2D eigenvalue weighted by Crippen LogP contribution is 2.37. The van der Waals surface area contributed by atoms with Gasteiger partial charge in [-0.1, -0.05) is 13.8 Å². The van der Waals surface area contributed by atoms with Crippen LogP contribution in [-0.2, 0) is 11.3 Å². The lowest BCUT2D eigenvalue weighted by Gasteiger charge is -2.38. The Balaban J connectivity index is 1.50. The van der Waals surface area contributed by atoms with Crippen LogP contribution >= 0.6 is 15.9 Å². The molecule has 0 aromatic heterocycles. The number of methoxy groups -OCH3 is 1. The second kappa shape index (κ2) is 10.8. The molecule has 2 atom stereocenters. The van der Waals surface area contributed by atoms with Gasteiger partial charge in [0.25, 0.3) is 0 Å². The van der Waals surface area contributed by atoms with E-state index in [1.165, 1.54) is 12.0 Å². The van der Waals surface area contributed by atoms with Gasteiger partial charge in [-0.15, -0.1) is 0 Å². The van der Waals surface area contributed by atoms with Crippen molar-refractivity contribution in [2.24, 2.45) is 11.8 Å². The van der Waals surface area contributed by atoms with Crippen molar-refractivity contribution >= 4 is 21.8 Å². The molecule has 30 heavy (non-hydrogen) atoms. The normalized spacial score (nSPS) is 23.4. The van der Waals surface area contributed by atoms with E-state index in [-0.39, 0.29) is 0 Å². The van der Waals surface area contributed by atoms with Gasteiger partial charge in [0.15, 0.2) is 11.5 Å². The number of hydrogen-bond acceptors (Lipinski definition) is 5. The van der Waals surface area contributed by atoms with Gasteiger partial charge in [-0.25, -0.2) is 0 Å². The number of piperidine rings is 1. The molecule has 0 bridgehead atoms. The molecule has 2 saturated heterocycles. The highest BCUT2D eigenvalue weighted by atomic mass is 79.9. The van der Waals surface area contributed by atoms with Crippen molar-refractivity contribution < 1.29 is 14.3 Å². The number of hydrogen-bond donors (Lipinski definition) is 0. The third-order valence-corrected chi connectivity index (χ3v) is 6.62. The molecule has 3 rings (SSSR count). The predicted molar refractivity (Wildman–Crippen MR) is 123 cm³/mol.